The van der Waals surface area contributed by atoms with Crippen LogP contribution in [0.3, 0.4) is 0 Å². The van der Waals surface area contributed by atoms with Crippen LogP contribution < -0.4 is 15.4 Å². The topological polar surface area (TPSA) is 50.4 Å². The van der Waals surface area contributed by atoms with Gasteiger partial charge in [-0.1, -0.05) is 12.1 Å². The molecule has 0 saturated carbocycles. The molecule has 108 valence electrons. The molecule has 0 unspecified atom stereocenters. The van der Waals surface area contributed by atoms with Crippen molar-refractivity contribution in [1.29, 1.82) is 0 Å². The Morgan fingerprint density at radius 3 is 2.62 bits per heavy atom. The van der Waals surface area contributed by atoms with Crippen molar-refractivity contribution in [3.05, 3.63) is 67.0 Å². The number of benzene rings is 2. The van der Waals surface area contributed by atoms with E-state index in [0.717, 1.165) is 0 Å². The van der Waals surface area contributed by atoms with E-state index in [0.29, 0.717) is 23.7 Å². The number of rotatable bonds is 5. The summed E-state index contributed by atoms with van der Waals surface area (Å²) in [6, 6.07) is 12.3. The standard InChI is InChI=1S/C16H15FN2O2/c1-2-10-18-16(20)19-13-6-8-14(9-7-13)21-15-5-3-4-12(17)11-15/h2-9,11H,1,10H2,(H2,18,19,20). The van der Waals surface area contributed by atoms with Gasteiger partial charge in [-0.3, -0.25) is 0 Å². The molecule has 0 aliphatic heterocycles. The molecule has 5 heteroatoms. The molecule has 4 nitrogen and oxygen atoms in total. The first-order valence-corrected chi connectivity index (χ1v) is 6.36. The predicted molar refractivity (Wildman–Crippen MR) is 80.1 cm³/mol. The van der Waals surface area contributed by atoms with E-state index in [1.165, 1.54) is 12.1 Å². The first kappa shape index (κ1) is 14.6. The van der Waals surface area contributed by atoms with E-state index in [1.54, 1.807) is 42.5 Å². The molecule has 0 aliphatic carbocycles. The molecule has 2 rings (SSSR count). The van der Waals surface area contributed by atoms with Crippen LogP contribution in [0.2, 0.25) is 0 Å². The van der Waals surface area contributed by atoms with E-state index in [2.05, 4.69) is 17.2 Å². The summed E-state index contributed by atoms with van der Waals surface area (Å²) in [6.07, 6.45) is 1.59. The van der Waals surface area contributed by atoms with Crippen molar-refractivity contribution < 1.29 is 13.9 Å². The Bertz CT molecular complexity index is 626. The first-order chi connectivity index (χ1) is 10.2. The van der Waals surface area contributed by atoms with Gasteiger partial charge >= 0.3 is 6.03 Å². The van der Waals surface area contributed by atoms with Crippen molar-refractivity contribution in [3.8, 4) is 11.5 Å². The summed E-state index contributed by atoms with van der Waals surface area (Å²) < 4.78 is 18.5. The lowest BCUT2D eigenvalue weighted by Gasteiger charge is -2.08. The zero-order valence-electron chi connectivity index (χ0n) is 11.3. The highest BCUT2D eigenvalue weighted by Gasteiger charge is 2.02. The van der Waals surface area contributed by atoms with Crippen molar-refractivity contribution in [1.82, 2.24) is 5.32 Å². The van der Waals surface area contributed by atoms with Crippen LogP contribution >= 0.6 is 0 Å². The SMILES string of the molecule is C=CCNC(=O)Nc1ccc(Oc2cccc(F)c2)cc1. The molecule has 2 N–H and O–H groups in total. The summed E-state index contributed by atoms with van der Waals surface area (Å²) in [5.41, 5.74) is 0.628. The average Bonchev–Trinajstić information content (AvgIpc) is 2.47. The third-order valence-corrected chi connectivity index (χ3v) is 2.55. The quantitative estimate of drug-likeness (QED) is 0.818. The summed E-state index contributed by atoms with van der Waals surface area (Å²) >= 11 is 0. The minimum atomic E-state index is -0.357. The van der Waals surface area contributed by atoms with Crippen LogP contribution in [-0.2, 0) is 0 Å². The normalized spacial score (nSPS) is 9.76. The summed E-state index contributed by atoms with van der Waals surface area (Å²) in [4.78, 5) is 11.4. The molecule has 0 bridgehead atoms. The average molecular weight is 286 g/mol. The second-order valence-electron chi connectivity index (χ2n) is 4.21. The molecule has 0 heterocycles. The number of halogens is 1. The van der Waals surface area contributed by atoms with Gasteiger partial charge in [-0.2, -0.15) is 0 Å². The van der Waals surface area contributed by atoms with E-state index >= 15 is 0 Å². The zero-order chi connectivity index (χ0) is 15.1. The van der Waals surface area contributed by atoms with Gasteiger partial charge in [-0.25, -0.2) is 9.18 Å². The highest BCUT2D eigenvalue weighted by Crippen LogP contribution is 2.23. The largest absolute Gasteiger partial charge is 0.457 e. The first-order valence-electron chi connectivity index (χ1n) is 6.36. The van der Waals surface area contributed by atoms with Crippen molar-refractivity contribution in [3.63, 3.8) is 0 Å². The molecular weight excluding hydrogens is 271 g/mol. The molecule has 0 radical (unpaired) electrons. The lowest BCUT2D eigenvalue weighted by Crippen LogP contribution is -2.28. The second kappa shape index (κ2) is 7.09. The van der Waals surface area contributed by atoms with Gasteiger partial charge < -0.3 is 15.4 Å². The van der Waals surface area contributed by atoms with E-state index in [4.69, 9.17) is 4.74 Å². The van der Waals surface area contributed by atoms with Crippen molar-refractivity contribution in [2.45, 2.75) is 0 Å². The second-order valence-corrected chi connectivity index (χ2v) is 4.21. The molecule has 0 fully saturated rings. The van der Waals surface area contributed by atoms with Crippen LogP contribution in [0.4, 0.5) is 14.9 Å². The van der Waals surface area contributed by atoms with Crippen LogP contribution in [0.15, 0.2) is 61.2 Å². The third-order valence-electron chi connectivity index (χ3n) is 2.55. The highest BCUT2D eigenvalue weighted by molar-refractivity contribution is 5.89. The van der Waals surface area contributed by atoms with Crippen LogP contribution in [0, 0.1) is 5.82 Å². The predicted octanol–water partition coefficient (Wildman–Crippen LogP) is 3.93. The molecule has 0 atom stereocenters. The van der Waals surface area contributed by atoms with Gasteiger partial charge in [-0.05, 0) is 36.4 Å². The smallest absolute Gasteiger partial charge is 0.319 e. The van der Waals surface area contributed by atoms with Gasteiger partial charge in [0.05, 0.1) is 0 Å². The number of carbonyl (C=O) groups is 1. The summed E-state index contributed by atoms with van der Waals surface area (Å²) in [7, 11) is 0. The van der Waals surface area contributed by atoms with Crippen molar-refractivity contribution in [2.24, 2.45) is 0 Å². The lowest BCUT2D eigenvalue weighted by molar-refractivity contribution is 0.253. The molecule has 2 aromatic rings. The number of ether oxygens (including phenoxy) is 1. The van der Waals surface area contributed by atoms with Gasteiger partial charge in [0.25, 0.3) is 0 Å². The Balaban J connectivity index is 1.95. The molecule has 0 aliphatic rings. The Morgan fingerprint density at radius 2 is 1.95 bits per heavy atom. The van der Waals surface area contributed by atoms with Crippen LogP contribution in [-0.4, -0.2) is 12.6 Å². The Labute approximate surface area is 122 Å². The lowest BCUT2D eigenvalue weighted by atomic mass is 10.3. The molecule has 0 spiro atoms. The fourth-order valence-corrected chi connectivity index (χ4v) is 1.61. The molecule has 0 saturated heterocycles. The van der Waals surface area contributed by atoms with Gasteiger partial charge in [0.1, 0.15) is 17.3 Å². The third kappa shape index (κ3) is 4.65. The number of hydrogen-bond acceptors (Lipinski definition) is 2. The van der Waals surface area contributed by atoms with E-state index in [-0.39, 0.29) is 11.8 Å². The Hall–Kier alpha value is -2.82. The Morgan fingerprint density at radius 1 is 1.19 bits per heavy atom. The summed E-state index contributed by atoms with van der Waals surface area (Å²) in [5.74, 6) is 0.613. The summed E-state index contributed by atoms with van der Waals surface area (Å²) in [6.45, 7) is 3.91. The summed E-state index contributed by atoms with van der Waals surface area (Å²) in [5, 5.41) is 5.26. The fraction of sp³-hybridized carbons (Fsp3) is 0.0625. The van der Waals surface area contributed by atoms with Crippen molar-refractivity contribution in [2.75, 3.05) is 11.9 Å². The zero-order valence-corrected chi connectivity index (χ0v) is 11.3. The number of urea groups is 1. The van der Waals surface area contributed by atoms with E-state index < -0.39 is 0 Å². The molecule has 2 amide bonds. The number of hydrogen-bond donors (Lipinski definition) is 2. The van der Waals surface area contributed by atoms with Crippen LogP contribution in [0.5, 0.6) is 11.5 Å². The van der Waals surface area contributed by atoms with Gasteiger partial charge in [-0.15, -0.1) is 6.58 Å². The number of carbonyl (C=O) groups excluding carboxylic acids is 1. The Kier molecular flexibility index (Phi) is 4.93. The van der Waals surface area contributed by atoms with Crippen LogP contribution in [0.25, 0.3) is 0 Å². The molecule has 0 aromatic heterocycles. The van der Waals surface area contributed by atoms with Crippen molar-refractivity contribution >= 4 is 11.7 Å². The maximum absolute atomic E-state index is 13.0. The minimum Gasteiger partial charge on any atom is -0.457 e. The van der Waals surface area contributed by atoms with E-state index in [9.17, 15) is 9.18 Å². The van der Waals surface area contributed by atoms with E-state index in [1.807, 2.05) is 0 Å². The monoisotopic (exact) mass is 286 g/mol. The minimum absolute atomic E-state index is 0.311. The maximum Gasteiger partial charge on any atom is 0.319 e. The van der Waals surface area contributed by atoms with Gasteiger partial charge in [0.15, 0.2) is 0 Å². The molecule has 2 aromatic carbocycles. The highest BCUT2D eigenvalue weighted by atomic mass is 19.1. The van der Waals surface area contributed by atoms with Crippen LogP contribution in [0.1, 0.15) is 0 Å². The number of nitrogens with one attached hydrogen (secondary N) is 2. The molecular formula is C16H15FN2O2. The fourth-order valence-electron chi connectivity index (χ4n) is 1.61. The number of anilines is 1. The van der Waals surface area contributed by atoms with Gasteiger partial charge in [0, 0.05) is 18.3 Å². The molecule has 21 heavy (non-hydrogen) atoms. The van der Waals surface area contributed by atoms with Gasteiger partial charge in [0.2, 0.25) is 0 Å². The maximum atomic E-state index is 13.0. The number of amides is 2.